The number of hydrogen-bond acceptors (Lipinski definition) is 5. The fourth-order valence-corrected chi connectivity index (χ4v) is 2.31. The SMILES string of the molecule is CCOC(=O)C(C)Sc1cccc(C#N)c1C#N. The molecule has 0 saturated carbocycles. The van der Waals surface area contributed by atoms with Crippen LogP contribution in [-0.2, 0) is 9.53 Å². The number of hydrogen-bond donors (Lipinski definition) is 0. The van der Waals surface area contributed by atoms with Crippen molar-refractivity contribution in [2.45, 2.75) is 24.0 Å². The van der Waals surface area contributed by atoms with Gasteiger partial charge in [0.1, 0.15) is 17.4 Å². The Hall–Kier alpha value is -1.98. The minimum Gasteiger partial charge on any atom is -0.465 e. The number of ether oxygens (including phenoxy) is 1. The summed E-state index contributed by atoms with van der Waals surface area (Å²) in [5, 5.41) is 17.5. The lowest BCUT2D eigenvalue weighted by Gasteiger charge is -2.11. The Morgan fingerprint density at radius 1 is 1.44 bits per heavy atom. The molecular formula is C13H12N2O2S. The molecule has 0 bridgehead atoms. The van der Waals surface area contributed by atoms with Crippen molar-refractivity contribution >= 4 is 17.7 Å². The molecule has 1 aromatic rings. The van der Waals surface area contributed by atoms with Gasteiger partial charge < -0.3 is 4.74 Å². The second-order valence-electron chi connectivity index (χ2n) is 3.41. The lowest BCUT2D eigenvalue weighted by atomic mass is 10.1. The number of carbonyl (C=O) groups is 1. The zero-order valence-corrected chi connectivity index (χ0v) is 11.0. The molecule has 0 saturated heterocycles. The van der Waals surface area contributed by atoms with Crippen LogP contribution < -0.4 is 0 Å². The lowest BCUT2D eigenvalue weighted by molar-refractivity contribution is -0.142. The molecule has 4 nitrogen and oxygen atoms in total. The van der Waals surface area contributed by atoms with Crippen LogP contribution in [0, 0.1) is 22.7 Å². The van der Waals surface area contributed by atoms with Gasteiger partial charge in [-0.15, -0.1) is 11.8 Å². The summed E-state index contributed by atoms with van der Waals surface area (Å²) >= 11 is 1.22. The summed E-state index contributed by atoms with van der Waals surface area (Å²) in [5.74, 6) is -0.325. The molecule has 92 valence electrons. The van der Waals surface area contributed by atoms with E-state index in [1.54, 1.807) is 32.0 Å². The van der Waals surface area contributed by atoms with Crippen LogP contribution in [0.25, 0.3) is 0 Å². The van der Waals surface area contributed by atoms with Crippen molar-refractivity contribution < 1.29 is 9.53 Å². The molecule has 1 unspecified atom stereocenters. The Labute approximate surface area is 110 Å². The molecule has 18 heavy (non-hydrogen) atoms. The molecule has 1 atom stereocenters. The molecule has 1 aromatic carbocycles. The monoisotopic (exact) mass is 260 g/mol. The highest BCUT2D eigenvalue weighted by molar-refractivity contribution is 8.00. The maximum absolute atomic E-state index is 11.5. The molecule has 0 aliphatic heterocycles. The normalized spacial score (nSPS) is 11.1. The standard InChI is InChI=1S/C13H12N2O2S/c1-3-17-13(16)9(2)18-12-6-4-5-10(7-14)11(12)8-15/h4-6,9H,3H2,1-2H3. The van der Waals surface area contributed by atoms with Crippen molar-refractivity contribution in [1.29, 1.82) is 10.5 Å². The number of rotatable bonds is 4. The summed E-state index contributed by atoms with van der Waals surface area (Å²) in [6.07, 6.45) is 0. The van der Waals surface area contributed by atoms with E-state index >= 15 is 0 Å². The van der Waals surface area contributed by atoms with E-state index in [1.165, 1.54) is 11.8 Å². The number of esters is 1. The molecule has 0 spiro atoms. The van der Waals surface area contributed by atoms with Gasteiger partial charge in [-0.2, -0.15) is 10.5 Å². The predicted octanol–water partition coefficient (Wildman–Crippen LogP) is 2.47. The molecular weight excluding hydrogens is 248 g/mol. The second-order valence-corrected chi connectivity index (χ2v) is 4.80. The highest BCUT2D eigenvalue weighted by Gasteiger charge is 2.18. The molecule has 5 heteroatoms. The minimum atomic E-state index is -0.411. The third-order valence-electron chi connectivity index (χ3n) is 2.18. The van der Waals surface area contributed by atoms with Crippen LogP contribution in [0.1, 0.15) is 25.0 Å². The molecule has 0 heterocycles. The Morgan fingerprint density at radius 3 is 2.72 bits per heavy atom. The van der Waals surface area contributed by atoms with Gasteiger partial charge in [-0.1, -0.05) is 6.07 Å². The van der Waals surface area contributed by atoms with E-state index in [4.69, 9.17) is 15.3 Å². The highest BCUT2D eigenvalue weighted by atomic mass is 32.2. The van der Waals surface area contributed by atoms with Gasteiger partial charge in [-0.05, 0) is 26.0 Å². The lowest BCUT2D eigenvalue weighted by Crippen LogP contribution is -2.16. The molecule has 0 amide bonds. The van der Waals surface area contributed by atoms with Gasteiger partial charge in [0.2, 0.25) is 0 Å². The Bertz CT molecular complexity index is 529. The fourth-order valence-electron chi connectivity index (χ4n) is 1.34. The van der Waals surface area contributed by atoms with Gasteiger partial charge in [-0.25, -0.2) is 0 Å². The zero-order chi connectivity index (χ0) is 13.5. The van der Waals surface area contributed by atoms with E-state index in [0.717, 1.165) is 0 Å². The highest BCUT2D eigenvalue weighted by Crippen LogP contribution is 2.28. The minimum absolute atomic E-state index is 0.307. The van der Waals surface area contributed by atoms with Crippen LogP contribution in [0.15, 0.2) is 23.1 Å². The van der Waals surface area contributed by atoms with Crippen molar-refractivity contribution in [3.05, 3.63) is 29.3 Å². The molecule has 1 rings (SSSR count). The van der Waals surface area contributed by atoms with Crippen LogP contribution in [0.3, 0.4) is 0 Å². The van der Waals surface area contributed by atoms with Crippen LogP contribution in [0.5, 0.6) is 0 Å². The first kappa shape index (κ1) is 14.1. The van der Waals surface area contributed by atoms with Crippen LogP contribution in [0.2, 0.25) is 0 Å². The van der Waals surface area contributed by atoms with Crippen molar-refractivity contribution in [1.82, 2.24) is 0 Å². The number of benzene rings is 1. The number of nitriles is 2. The van der Waals surface area contributed by atoms with Gasteiger partial charge in [0, 0.05) is 4.90 Å². The van der Waals surface area contributed by atoms with E-state index < -0.39 is 5.25 Å². The molecule has 0 N–H and O–H groups in total. The topological polar surface area (TPSA) is 73.9 Å². The van der Waals surface area contributed by atoms with E-state index in [0.29, 0.717) is 22.6 Å². The van der Waals surface area contributed by atoms with Gasteiger partial charge in [0.05, 0.1) is 17.7 Å². The first-order chi connectivity index (χ1) is 8.63. The first-order valence-electron chi connectivity index (χ1n) is 5.40. The zero-order valence-electron chi connectivity index (χ0n) is 10.1. The van der Waals surface area contributed by atoms with Gasteiger partial charge in [-0.3, -0.25) is 4.79 Å². The second kappa shape index (κ2) is 6.68. The maximum atomic E-state index is 11.5. The predicted molar refractivity (Wildman–Crippen MR) is 67.8 cm³/mol. The van der Waals surface area contributed by atoms with Crippen LogP contribution in [-0.4, -0.2) is 17.8 Å². The fraction of sp³-hybridized carbons (Fsp3) is 0.308. The molecule has 0 aliphatic carbocycles. The number of nitrogens with zero attached hydrogens (tertiary/aromatic N) is 2. The average Bonchev–Trinajstić information content (AvgIpc) is 2.38. The summed E-state index contributed by atoms with van der Waals surface area (Å²) in [4.78, 5) is 12.1. The smallest absolute Gasteiger partial charge is 0.319 e. The third-order valence-corrected chi connectivity index (χ3v) is 3.32. The number of carbonyl (C=O) groups excluding carboxylic acids is 1. The summed E-state index contributed by atoms with van der Waals surface area (Å²) in [6.45, 7) is 3.78. The van der Waals surface area contributed by atoms with Gasteiger partial charge in [0.15, 0.2) is 0 Å². The first-order valence-corrected chi connectivity index (χ1v) is 6.28. The van der Waals surface area contributed by atoms with Crippen molar-refractivity contribution in [3.8, 4) is 12.1 Å². The summed E-state index contributed by atoms with van der Waals surface area (Å²) in [5.41, 5.74) is 0.625. The summed E-state index contributed by atoms with van der Waals surface area (Å²) in [6, 6.07) is 8.96. The van der Waals surface area contributed by atoms with Crippen molar-refractivity contribution in [3.63, 3.8) is 0 Å². The van der Waals surface area contributed by atoms with Crippen LogP contribution in [0.4, 0.5) is 0 Å². The van der Waals surface area contributed by atoms with E-state index in [-0.39, 0.29) is 5.97 Å². The van der Waals surface area contributed by atoms with Crippen molar-refractivity contribution in [2.24, 2.45) is 0 Å². The Kier molecular flexibility index (Phi) is 5.23. The van der Waals surface area contributed by atoms with E-state index in [1.807, 2.05) is 12.1 Å². The molecule has 0 aliphatic rings. The summed E-state index contributed by atoms with van der Waals surface area (Å²) in [7, 11) is 0. The van der Waals surface area contributed by atoms with Crippen LogP contribution >= 0.6 is 11.8 Å². The molecule has 0 fully saturated rings. The number of thioether (sulfide) groups is 1. The third kappa shape index (κ3) is 3.26. The maximum Gasteiger partial charge on any atom is 0.319 e. The quantitative estimate of drug-likeness (QED) is 0.614. The van der Waals surface area contributed by atoms with Gasteiger partial charge >= 0.3 is 5.97 Å². The Morgan fingerprint density at radius 2 is 2.17 bits per heavy atom. The van der Waals surface area contributed by atoms with Gasteiger partial charge in [0.25, 0.3) is 0 Å². The largest absolute Gasteiger partial charge is 0.465 e. The van der Waals surface area contributed by atoms with E-state index in [9.17, 15) is 4.79 Å². The van der Waals surface area contributed by atoms with E-state index in [2.05, 4.69) is 0 Å². The summed E-state index contributed by atoms with van der Waals surface area (Å²) < 4.78 is 4.90. The average molecular weight is 260 g/mol. The molecule has 0 radical (unpaired) electrons. The van der Waals surface area contributed by atoms with Crippen molar-refractivity contribution in [2.75, 3.05) is 6.61 Å². The Balaban J connectivity index is 2.96. The molecule has 0 aromatic heterocycles.